The fraction of sp³-hybridized carbons (Fsp3) is 0.667. The van der Waals surface area contributed by atoms with Crippen LogP contribution < -0.4 is 10.6 Å². The number of anilines is 2. The number of fused-ring (bicyclic) bond motifs is 2. The Morgan fingerprint density at radius 1 is 1.20 bits per heavy atom. The second kappa shape index (κ2) is 4.47. The van der Waals surface area contributed by atoms with Crippen molar-refractivity contribution in [3.63, 3.8) is 0 Å². The molecule has 2 aliphatic heterocycles. The van der Waals surface area contributed by atoms with Crippen molar-refractivity contribution < 1.29 is 18.3 Å². The van der Waals surface area contributed by atoms with Crippen LogP contribution in [-0.2, 0) is 6.18 Å². The van der Waals surface area contributed by atoms with E-state index in [0.29, 0.717) is 12.8 Å². The maximum Gasteiger partial charge on any atom is 0.433 e. The average molecular weight is 288 g/mol. The molecular weight excluding hydrogens is 273 g/mol. The average Bonchev–Trinajstić information content (AvgIpc) is 2.60. The molecule has 3 rings (SSSR count). The second-order valence-corrected chi connectivity index (χ2v) is 5.38. The summed E-state index contributed by atoms with van der Waals surface area (Å²) in [5.41, 5.74) is 4.38. The first-order valence-corrected chi connectivity index (χ1v) is 6.53. The largest absolute Gasteiger partial charge is 0.433 e. The minimum atomic E-state index is -4.54. The topological polar surface area (TPSA) is 75.3 Å². The second-order valence-electron chi connectivity index (χ2n) is 5.38. The van der Waals surface area contributed by atoms with E-state index in [1.54, 1.807) is 0 Å². The third-order valence-electron chi connectivity index (χ3n) is 3.99. The number of hydrogen-bond acceptors (Lipinski definition) is 5. The monoisotopic (exact) mass is 288 g/mol. The number of nitrogens with zero attached hydrogens (tertiary/aromatic N) is 3. The van der Waals surface area contributed by atoms with Gasteiger partial charge in [-0.05, 0) is 25.7 Å². The molecule has 1 aromatic rings. The van der Waals surface area contributed by atoms with Crippen molar-refractivity contribution in [3.8, 4) is 0 Å². The predicted octanol–water partition coefficient (Wildman–Crippen LogP) is 1.57. The summed E-state index contributed by atoms with van der Waals surface area (Å²) in [6, 6.07) is 0.998. The molecule has 2 atom stereocenters. The zero-order chi connectivity index (χ0) is 14.5. The first-order valence-electron chi connectivity index (χ1n) is 6.53. The van der Waals surface area contributed by atoms with Gasteiger partial charge in [0.15, 0.2) is 5.69 Å². The highest BCUT2D eigenvalue weighted by Gasteiger charge is 2.42. The number of piperidine rings is 1. The Labute approximate surface area is 113 Å². The zero-order valence-corrected chi connectivity index (χ0v) is 10.6. The van der Waals surface area contributed by atoms with Crippen molar-refractivity contribution in [2.24, 2.45) is 0 Å². The fourth-order valence-electron chi connectivity index (χ4n) is 3.25. The highest BCUT2D eigenvalue weighted by molar-refractivity contribution is 5.48. The number of nitrogen functional groups attached to an aromatic ring is 1. The van der Waals surface area contributed by atoms with Gasteiger partial charge >= 0.3 is 6.18 Å². The summed E-state index contributed by atoms with van der Waals surface area (Å²) < 4.78 is 38.3. The molecule has 0 spiro atoms. The van der Waals surface area contributed by atoms with Crippen LogP contribution in [0.15, 0.2) is 6.07 Å². The number of aromatic nitrogens is 2. The van der Waals surface area contributed by atoms with Gasteiger partial charge in [-0.25, -0.2) is 4.98 Å². The van der Waals surface area contributed by atoms with Gasteiger partial charge < -0.3 is 15.7 Å². The Balaban J connectivity index is 1.97. The van der Waals surface area contributed by atoms with Crippen LogP contribution in [0, 0.1) is 0 Å². The van der Waals surface area contributed by atoms with E-state index in [-0.39, 0.29) is 30.0 Å². The molecule has 20 heavy (non-hydrogen) atoms. The number of halogens is 3. The van der Waals surface area contributed by atoms with Gasteiger partial charge in [-0.15, -0.1) is 0 Å². The van der Waals surface area contributed by atoms with Crippen LogP contribution in [0.3, 0.4) is 0 Å². The molecule has 0 aliphatic carbocycles. The smallest absolute Gasteiger partial charge is 0.393 e. The van der Waals surface area contributed by atoms with Crippen molar-refractivity contribution >= 4 is 11.8 Å². The van der Waals surface area contributed by atoms with Crippen LogP contribution in [0.1, 0.15) is 31.4 Å². The van der Waals surface area contributed by atoms with Crippen LogP contribution in [0.2, 0.25) is 0 Å². The lowest BCUT2D eigenvalue weighted by Gasteiger charge is -2.38. The van der Waals surface area contributed by atoms with Crippen molar-refractivity contribution in [1.29, 1.82) is 0 Å². The van der Waals surface area contributed by atoms with Crippen molar-refractivity contribution in [2.75, 3.05) is 10.6 Å². The quantitative estimate of drug-likeness (QED) is 0.820. The molecule has 2 saturated heterocycles. The van der Waals surface area contributed by atoms with Crippen LogP contribution >= 0.6 is 0 Å². The summed E-state index contributed by atoms with van der Waals surface area (Å²) in [7, 11) is 0. The molecule has 3 heterocycles. The van der Waals surface area contributed by atoms with Crippen LogP contribution in [0.5, 0.6) is 0 Å². The summed E-state index contributed by atoms with van der Waals surface area (Å²) in [4.78, 5) is 9.06. The highest BCUT2D eigenvalue weighted by atomic mass is 19.4. The van der Waals surface area contributed by atoms with Gasteiger partial charge in [0.05, 0.1) is 6.10 Å². The van der Waals surface area contributed by atoms with Gasteiger partial charge in [-0.2, -0.15) is 18.2 Å². The Hall–Kier alpha value is -1.57. The Morgan fingerprint density at radius 2 is 1.80 bits per heavy atom. The molecule has 0 radical (unpaired) electrons. The number of aliphatic hydroxyl groups is 1. The predicted molar refractivity (Wildman–Crippen MR) is 66.0 cm³/mol. The van der Waals surface area contributed by atoms with Gasteiger partial charge in [0.2, 0.25) is 5.95 Å². The number of nitrogens with two attached hydrogens (primary N) is 1. The molecule has 0 aromatic carbocycles. The van der Waals surface area contributed by atoms with Gasteiger partial charge in [0.25, 0.3) is 0 Å². The Bertz CT molecular complexity index is 508. The molecule has 2 fully saturated rings. The van der Waals surface area contributed by atoms with E-state index < -0.39 is 11.9 Å². The fourth-order valence-corrected chi connectivity index (χ4v) is 3.25. The van der Waals surface area contributed by atoms with Crippen molar-refractivity contribution in [3.05, 3.63) is 11.8 Å². The van der Waals surface area contributed by atoms with E-state index in [4.69, 9.17) is 5.73 Å². The molecule has 8 heteroatoms. The summed E-state index contributed by atoms with van der Waals surface area (Å²) >= 11 is 0. The molecule has 2 aliphatic rings. The first kappa shape index (κ1) is 13.4. The number of aliphatic hydroxyl groups excluding tert-OH is 1. The standard InChI is InChI=1S/C12H15F3N4O/c13-12(14,15)9-5-10(18-11(16)17-9)19-6-1-2-7(19)4-8(20)3-6/h5-8,20H,1-4H2,(H2,16,17,18). The molecule has 3 N–H and O–H groups in total. The molecule has 5 nitrogen and oxygen atoms in total. The Kier molecular flexibility index (Phi) is 3.00. The maximum absolute atomic E-state index is 12.8. The zero-order valence-electron chi connectivity index (χ0n) is 10.6. The highest BCUT2D eigenvalue weighted by Crippen LogP contribution is 2.40. The van der Waals surface area contributed by atoms with Gasteiger partial charge in [0.1, 0.15) is 5.82 Å². The minimum Gasteiger partial charge on any atom is -0.393 e. The summed E-state index contributed by atoms with van der Waals surface area (Å²) in [6.07, 6.45) is -2.10. The van der Waals surface area contributed by atoms with Crippen molar-refractivity contribution in [1.82, 2.24) is 9.97 Å². The molecule has 0 amide bonds. The van der Waals surface area contributed by atoms with E-state index in [0.717, 1.165) is 18.9 Å². The number of alkyl halides is 3. The Morgan fingerprint density at radius 3 is 2.35 bits per heavy atom. The lowest BCUT2D eigenvalue weighted by Crippen LogP contribution is -2.45. The molecular formula is C12H15F3N4O. The third kappa shape index (κ3) is 2.28. The van der Waals surface area contributed by atoms with Gasteiger partial charge in [0, 0.05) is 18.2 Å². The SMILES string of the molecule is Nc1nc(N2C3CCC2CC(O)C3)cc(C(F)(F)F)n1. The molecule has 2 bridgehead atoms. The lowest BCUT2D eigenvalue weighted by atomic mass is 10.00. The van der Waals surface area contributed by atoms with E-state index in [2.05, 4.69) is 9.97 Å². The minimum absolute atomic E-state index is 0.0270. The molecule has 0 saturated carbocycles. The summed E-state index contributed by atoms with van der Waals surface area (Å²) in [6.45, 7) is 0. The van der Waals surface area contributed by atoms with Crippen LogP contribution in [-0.4, -0.2) is 33.3 Å². The van der Waals surface area contributed by atoms with Crippen molar-refractivity contribution in [2.45, 2.75) is 50.0 Å². The van der Waals surface area contributed by atoms with E-state index in [1.807, 2.05) is 4.90 Å². The molecule has 2 unspecified atom stereocenters. The summed E-state index contributed by atoms with van der Waals surface area (Å²) in [5, 5.41) is 9.73. The third-order valence-corrected chi connectivity index (χ3v) is 3.99. The number of hydrogen-bond donors (Lipinski definition) is 2. The molecule has 1 aromatic heterocycles. The van der Waals surface area contributed by atoms with Gasteiger partial charge in [-0.1, -0.05) is 0 Å². The van der Waals surface area contributed by atoms with E-state index in [9.17, 15) is 18.3 Å². The summed E-state index contributed by atoms with van der Waals surface area (Å²) in [5.74, 6) is -0.162. The first-order chi connectivity index (χ1) is 9.34. The number of rotatable bonds is 1. The van der Waals surface area contributed by atoms with Gasteiger partial charge in [-0.3, -0.25) is 0 Å². The van der Waals surface area contributed by atoms with Crippen LogP contribution in [0.25, 0.3) is 0 Å². The van der Waals surface area contributed by atoms with Crippen LogP contribution in [0.4, 0.5) is 24.9 Å². The van der Waals surface area contributed by atoms with E-state index in [1.165, 1.54) is 0 Å². The molecule has 110 valence electrons. The normalized spacial score (nSPS) is 29.8. The lowest BCUT2D eigenvalue weighted by molar-refractivity contribution is -0.141. The maximum atomic E-state index is 12.8. The van der Waals surface area contributed by atoms with E-state index >= 15 is 0 Å².